The SMILES string of the molecule is Cc1ccc(CN2CCCN(c3cnn(-c4ccc(C(F)(F)F)cn4)c(=O)c3Cl)CC2)cc1. The van der Waals surface area contributed by atoms with Crippen LogP contribution in [0.1, 0.15) is 23.1 Å². The number of anilines is 1. The molecule has 0 atom stereocenters. The minimum atomic E-state index is -4.51. The molecule has 33 heavy (non-hydrogen) atoms. The van der Waals surface area contributed by atoms with Gasteiger partial charge in [-0.05, 0) is 31.0 Å². The van der Waals surface area contributed by atoms with E-state index < -0.39 is 17.3 Å². The normalized spacial score (nSPS) is 15.5. The van der Waals surface area contributed by atoms with E-state index in [1.165, 1.54) is 17.3 Å². The van der Waals surface area contributed by atoms with Crippen molar-refractivity contribution in [3.63, 3.8) is 0 Å². The van der Waals surface area contributed by atoms with Crippen LogP contribution in [0.5, 0.6) is 0 Å². The van der Waals surface area contributed by atoms with E-state index in [2.05, 4.69) is 46.2 Å². The number of aromatic nitrogens is 3. The van der Waals surface area contributed by atoms with Crippen LogP contribution < -0.4 is 10.5 Å². The Morgan fingerprint density at radius 3 is 2.42 bits per heavy atom. The number of pyridine rings is 1. The molecular weight excluding hydrogens is 455 g/mol. The second kappa shape index (κ2) is 9.52. The third-order valence-electron chi connectivity index (χ3n) is 5.65. The smallest absolute Gasteiger partial charge is 0.368 e. The standard InChI is InChI=1S/C23H23ClF3N5O/c1-16-3-5-17(6-4-16)15-30-9-2-10-31(12-11-30)19-14-29-32(22(33)21(19)24)20-8-7-18(13-28-20)23(25,26)27/h3-8,13-14H,2,9-12,15H2,1H3. The molecule has 1 aromatic carbocycles. The summed E-state index contributed by atoms with van der Waals surface area (Å²) in [5, 5.41) is 4.09. The predicted molar refractivity (Wildman–Crippen MR) is 121 cm³/mol. The lowest BCUT2D eigenvalue weighted by atomic mass is 10.1. The molecule has 0 bridgehead atoms. The van der Waals surface area contributed by atoms with Gasteiger partial charge in [0.05, 0.1) is 17.4 Å². The molecule has 1 aliphatic rings. The quantitative estimate of drug-likeness (QED) is 0.560. The van der Waals surface area contributed by atoms with E-state index in [9.17, 15) is 18.0 Å². The van der Waals surface area contributed by atoms with Crippen molar-refractivity contribution >= 4 is 17.3 Å². The molecule has 2 aromatic heterocycles. The molecule has 3 aromatic rings. The Morgan fingerprint density at radius 2 is 1.76 bits per heavy atom. The van der Waals surface area contributed by atoms with Gasteiger partial charge in [0.2, 0.25) is 0 Å². The molecule has 1 aliphatic heterocycles. The van der Waals surface area contributed by atoms with Crippen LogP contribution >= 0.6 is 11.6 Å². The maximum absolute atomic E-state index is 12.8. The first-order chi connectivity index (χ1) is 15.7. The molecule has 6 nitrogen and oxygen atoms in total. The maximum Gasteiger partial charge on any atom is 0.417 e. The first-order valence-electron chi connectivity index (χ1n) is 10.6. The molecule has 1 fully saturated rings. The molecule has 4 rings (SSSR count). The van der Waals surface area contributed by atoms with Crippen LogP contribution in [0.15, 0.2) is 53.6 Å². The van der Waals surface area contributed by atoms with Gasteiger partial charge in [-0.3, -0.25) is 9.69 Å². The number of benzene rings is 1. The molecule has 0 amide bonds. The average Bonchev–Trinajstić information content (AvgIpc) is 3.02. The van der Waals surface area contributed by atoms with Crippen LogP contribution in [0.4, 0.5) is 18.9 Å². The summed E-state index contributed by atoms with van der Waals surface area (Å²) >= 11 is 6.38. The summed E-state index contributed by atoms with van der Waals surface area (Å²) < 4.78 is 39.2. The first kappa shape index (κ1) is 23.3. The summed E-state index contributed by atoms with van der Waals surface area (Å²) in [6.07, 6.45) is -1.47. The van der Waals surface area contributed by atoms with Crippen molar-refractivity contribution in [2.75, 3.05) is 31.1 Å². The third kappa shape index (κ3) is 5.36. The van der Waals surface area contributed by atoms with Crippen molar-refractivity contribution in [2.45, 2.75) is 26.1 Å². The second-order valence-corrected chi connectivity index (χ2v) is 8.44. The number of aryl methyl sites for hydroxylation is 1. The van der Waals surface area contributed by atoms with Crippen LogP contribution in [-0.2, 0) is 12.7 Å². The minimum absolute atomic E-state index is 0.0263. The van der Waals surface area contributed by atoms with E-state index in [1.54, 1.807) is 0 Å². The van der Waals surface area contributed by atoms with Crippen molar-refractivity contribution in [1.29, 1.82) is 0 Å². The number of hydrogen-bond acceptors (Lipinski definition) is 5. The van der Waals surface area contributed by atoms with Gasteiger partial charge in [-0.2, -0.15) is 23.0 Å². The molecular formula is C23H23ClF3N5O. The summed E-state index contributed by atoms with van der Waals surface area (Å²) in [7, 11) is 0. The molecule has 174 valence electrons. The van der Waals surface area contributed by atoms with E-state index >= 15 is 0 Å². The van der Waals surface area contributed by atoms with Crippen LogP contribution in [0, 0.1) is 6.92 Å². The van der Waals surface area contributed by atoms with Gasteiger partial charge in [-0.1, -0.05) is 41.4 Å². The Bertz CT molecular complexity index is 1160. The zero-order chi connectivity index (χ0) is 23.6. The largest absolute Gasteiger partial charge is 0.417 e. The second-order valence-electron chi connectivity index (χ2n) is 8.07. The predicted octanol–water partition coefficient (Wildman–Crippen LogP) is 4.32. The van der Waals surface area contributed by atoms with E-state index in [0.29, 0.717) is 25.0 Å². The summed E-state index contributed by atoms with van der Waals surface area (Å²) in [6, 6.07) is 10.4. The van der Waals surface area contributed by atoms with Crippen molar-refractivity contribution in [3.05, 3.63) is 80.9 Å². The highest BCUT2D eigenvalue weighted by molar-refractivity contribution is 6.33. The molecule has 1 saturated heterocycles. The van der Waals surface area contributed by atoms with Crippen molar-refractivity contribution in [3.8, 4) is 5.82 Å². The highest BCUT2D eigenvalue weighted by atomic mass is 35.5. The number of hydrogen-bond donors (Lipinski definition) is 0. The molecule has 0 aliphatic carbocycles. The van der Waals surface area contributed by atoms with Crippen LogP contribution in [0.2, 0.25) is 5.02 Å². The van der Waals surface area contributed by atoms with Crippen molar-refractivity contribution < 1.29 is 13.2 Å². The highest BCUT2D eigenvalue weighted by Gasteiger charge is 2.31. The lowest BCUT2D eigenvalue weighted by molar-refractivity contribution is -0.137. The highest BCUT2D eigenvalue weighted by Crippen LogP contribution is 2.29. The summed E-state index contributed by atoms with van der Waals surface area (Å²) in [5.41, 5.74) is 1.47. The van der Waals surface area contributed by atoms with E-state index in [0.717, 1.165) is 42.9 Å². The van der Waals surface area contributed by atoms with Crippen LogP contribution in [0.3, 0.4) is 0 Å². The Labute approximate surface area is 194 Å². The molecule has 10 heteroatoms. The van der Waals surface area contributed by atoms with E-state index in [1.807, 2.05) is 4.90 Å². The third-order valence-corrected chi connectivity index (χ3v) is 6.00. The zero-order valence-electron chi connectivity index (χ0n) is 18.0. The van der Waals surface area contributed by atoms with Gasteiger partial charge in [-0.25, -0.2) is 4.98 Å². The minimum Gasteiger partial charge on any atom is -0.368 e. The fourth-order valence-corrected chi connectivity index (χ4v) is 4.06. The van der Waals surface area contributed by atoms with Crippen LogP contribution in [-0.4, -0.2) is 45.8 Å². The molecule has 0 N–H and O–H groups in total. The monoisotopic (exact) mass is 477 g/mol. The van der Waals surface area contributed by atoms with E-state index in [-0.39, 0.29) is 10.8 Å². The first-order valence-corrected chi connectivity index (χ1v) is 10.9. The van der Waals surface area contributed by atoms with Crippen LogP contribution in [0.25, 0.3) is 5.82 Å². The Morgan fingerprint density at radius 1 is 1.00 bits per heavy atom. The lowest BCUT2D eigenvalue weighted by Gasteiger charge is -2.24. The van der Waals surface area contributed by atoms with Gasteiger partial charge < -0.3 is 4.90 Å². The molecule has 0 radical (unpaired) electrons. The zero-order valence-corrected chi connectivity index (χ0v) is 18.8. The Kier molecular flexibility index (Phi) is 6.71. The Balaban J connectivity index is 1.49. The number of halogens is 4. The topological polar surface area (TPSA) is 54.3 Å². The van der Waals surface area contributed by atoms with Gasteiger partial charge in [0, 0.05) is 38.9 Å². The molecule has 0 unspecified atom stereocenters. The fourth-order valence-electron chi connectivity index (χ4n) is 3.81. The molecule has 0 spiro atoms. The average molecular weight is 478 g/mol. The maximum atomic E-state index is 12.8. The number of rotatable bonds is 4. The summed E-state index contributed by atoms with van der Waals surface area (Å²) in [4.78, 5) is 20.9. The number of nitrogens with zero attached hydrogens (tertiary/aromatic N) is 5. The van der Waals surface area contributed by atoms with Gasteiger partial charge in [0.1, 0.15) is 5.02 Å². The number of alkyl halides is 3. The van der Waals surface area contributed by atoms with Gasteiger partial charge in [0.25, 0.3) is 5.56 Å². The Hall–Kier alpha value is -2.91. The van der Waals surface area contributed by atoms with Crippen molar-refractivity contribution in [2.24, 2.45) is 0 Å². The van der Waals surface area contributed by atoms with Crippen molar-refractivity contribution in [1.82, 2.24) is 19.7 Å². The summed E-state index contributed by atoms with van der Waals surface area (Å²) in [6.45, 7) is 6.02. The molecule has 3 heterocycles. The van der Waals surface area contributed by atoms with Gasteiger partial charge in [0.15, 0.2) is 5.82 Å². The summed E-state index contributed by atoms with van der Waals surface area (Å²) in [5.74, 6) is -0.0263. The van der Waals surface area contributed by atoms with E-state index in [4.69, 9.17) is 11.6 Å². The molecule has 0 saturated carbocycles. The fraction of sp³-hybridized carbons (Fsp3) is 0.348. The van der Waals surface area contributed by atoms with Gasteiger partial charge in [-0.15, -0.1) is 0 Å². The van der Waals surface area contributed by atoms with Gasteiger partial charge >= 0.3 is 6.18 Å². The lowest BCUT2D eigenvalue weighted by Crippen LogP contribution is -2.33.